The first-order chi connectivity index (χ1) is 11.8. The van der Waals surface area contributed by atoms with Gasteiger partial charge in [-0.1, -0.05) is 19.1 Å². The van der Waals surface area contributed by atoms with Crippen molar-refractivity contribution >= 4 is 27.6 Å². The summed E-state index contributed by atoms with van der Waals surface area (Å²) in [4.78, 5) is 24.2. The van der Waals surface area contributed by atoms with Crippen LogP contribution < -0.4 is 10.0 Å². The number of sulfonamides is 1. The average molecular weight is 364 g/mol. The van der Waals surface area contributed by atoms with Gasteiger partial charge in [0.25, 0.3) is 0 Å². The van der Waals surface area contributed by atoms with E-state index in [1.54, 1.807) is 6.92 Å². The zero-order valence-corrected chi connectivity index (χ0v) is 14.5. The van der Waals surface area contributed by atoms with E-state index in [9.17, 15) is 23.1 Å². The molecule has 3 N–H and O–H groups in total. The van der Waals surface area contributed by atoms with Gasteiger partial charge < -0.3 is 10.4 Å². The van der Waals surface area contributed by atoms with Gasteiger partial charge >= 0.3 is 5.97 Å². The van der Waals surface area contributed by atoms with E-state index in [0.29, 0.717) is 12.1 Å². The Morgan fingerprint density at radius 2 is 1.72 bits per heavy atom. The van der Waals surface area contributed by atoms with Crippen molar-refractivity contribution in [2.45, 2.75) is 18.2 Å². The highest BCUT2D eigenvalue weighted by atomic mass is 32.2. The summed E-state index contributed by atoms with van der Waals surface area (Å²) in [7, 11) is -3.55. The molecule has 1 saturated carbocycles. The molecule has 7 nitrogen and oxygen atoms in total. The molecule has 25 heavy (non-hydrogen) atoms. The normalized spacial score (nSPS) is 27.4. The van der Waals surface area contributed by atoms with Crippen LogP contribution in [0.5, 0.6) is 0 Å². The standard InChI is InChI=1S/C17H20N2O5S/c1-2-18-25(23,24)13-7-5-12(6-8-13)19-16(20)14-10-3-4-11(9-10)15(14)17(21)22/h3-8,10-11,14-15,18H,2,9H2,1H3,(H,19,20)(H,21,22)/t10-,11-,14+,15-/m0/s1. The number of carboxylic acid groups (broad SMARTS) is 1. The molecule has 0 unspecified atom stereocenters. The Morgan fingerprint density at radius 1 is 1.12 bits per heavy atom. The van der Waals surface area contributed by atoms with Gasteiger partial charge in [0.05, 0.1) is 16.7 Å². The van der Waals surface area contributed by atoms with E-state index in [1.165, 1.54) is 24.3 Å². The van der Waals surface area contributed by atoms with Gasteiger partial charge in [-0.3, -0.25) is 9.59 Å². The Labute approximate surface area is 146 Å². The van der Waals surface area contributed by atoms with Crippen LogP contribution in [-0.2, 0) is 19.6 Å². The molecule has 0 saturated heterocycles. The maximum absolute atomic E-state index is 12.6. The zero-order valence-electron chi connectivity index (χ0n) is 13.7. The number of aliphatic carboxylic acids is 1. The number of rotatable bonds is 6. The van der Waals surface area contributed by atoms with Gasteiger partial charge in [0, 0.05) is 12.2 Å². The van der Waals surface area contributed by atoms with Gasteiger partial charge in [-0.25, -0.2) is 13.1 Å². The lowest BCUT2D eigenvalue weighted by Crippen LogP contribution is -2.36. The number of carboxylic acids is 1. The first-order valence-corrected chi connectivity index (χ1v) is 9.63. The number of allylic oxidation sites excluding steroid dienone is 2. The van der Waals surface area contributed by atoms with Crippen molar-refractivity contribution in [2.24, 2.45) is 23.7 Å². The maximum atomic E-state index is 12.6. The van der Waals surface area contributed by atoms with E-state index in [1.807, 2.05) is 12.2 Å². The molecule has 0 radical (unpaired) electrons. The molecule has 1 aromatic carbocycles. The fourth-order valence-electron chi connectivity index (χ4n) is 3.73. The third-order valence-electron chi connectivity index (χ3n) is 4.81. The third kappa shape index (κ3) is 3.32. The lowest BCUT2D eigenvalue weighted by Gasteiger charge is -2.23. The maximum Gasteiger partial charge on any atom is 0.307 e. The van der Waals surface area contributed by atoms with E-state index in [2.05, 4.69) is 10.0 Å². The molecule has 2 bridgehead atoms. The Morgan fingerprint density at radius 3 is 2.28 bits per heavy atom. The fraction of sp³-hybridized carbons (Fsp3) is 0.412. The largest absolute Gasteiger partial charge is 0.481 e. The molecular weight excluding hydrogens is 344 g/mol. The third-order valence-corrected chi connectivity index (χ3v) is 6.38. The molecule has 0 heterocycles. The molecule has 8 heteroatoms. The molecule has 3 rings (SSSR count). The van der Waals surface area contributed by atoms with E-state index in [-0.39, 0.29) is 29.2 Å². The van der Waals surface area contributed by atoms with Gasteiger partial charge in [0.1, 0.15) is 0 Å². The van der Waals surface area contributed by atoms with Crippen LogP contribution in [0.25, 0.3) is 0 Å². The molecule has 1 aromatic rings. The highest BCUT2D eigenvalue weighted by molar-refractivity contribution is 7.89. The van der Waals surface area contributed by atoms with E-state index < -0.39 is 27.8 Å². The average Bonchev–Trinajstić information content (AvgIpc) is 3.16. The summed E-state index contributed by atoms with van der Waals surface area (Å²) in [6, 6.07) is 5.81. The second kappa shape index (κ2) is 6.61. The van der Waals surface area contributed by atoms with Crippen molar-refractivity contribution in [2.75, 3.05) is 11.9 Å². The minimum atomic E-state index is -3.55. The second-order valence-corrected chi connectivity index (χ2v) is 8.12. The molecule has 2 aliphatic rings. The minimum absolute atomic E-state index is 0.0560. The topological polar surface area (TPSA) is 113 Å². The second-order valence-electron chi connectivity index (χ2n) is 6.35. The number of carbonyl (C=O) groups is 2. The van der Waals surface area contributed by atoms with Crippen LogP contribution in [-0.4, -0.2) is 31.9 Å². The molecule has 2 aliphatic carbocycles. The Balaban J connectivity index is 1.73. The van der Waals surface area contributed by atoms with Crippen molar-refractivity contribution in [1.82, 2.24) is 4.72 Å². The number of benzene rings is 1. The number of nitrogens with one attached hydrogen (secondary N) is 2. The Hall–Kier alpha value is -2.19. The van der Waals surface area contributed by atoms with Crippen molar-refractivity contribution in [3.63, 3.8) is 0 Å². The fourth-order valence-corrected chi connectivity index (χ4v) is 4.77. The molecule has 1 amide bonds. The summed E-state index contributed by atoms with van der Waals surface area (Å²) in [5, 5.41) is 12.1. The number of fused-ring (bicyclic) bond motifs is 2. The van der Waals surface area contributed by atoms with Crippen molar-refractivity contribution in [3.8, 4) is 0 Å². The van der Waals surface area contributed by atoms with Crippen molar-refractivity contribution in [1.29, 1.82) is 0 Å². The van der Waals surface area contributed by atoms with Gasteiger partial charge in [-0.2, -0.15) is 0 Å². The number of carbonyl (C=O) groups excluding carboxylic acids is 1. The first kappa shape index (κ1) is 17.6. The van der Waals surface area contributed by atoms with Crippen LogP contribution >= 0.6 is 0 Å². The highest BCUT2D eigenvalue weighted by Crippen LogP contribution is 2.48. The quantitative estimate of drug-likeness (QED) is 0.661. The van der Waals surface area contributed by atoms with Crippen LogP contribution in [0, 0.1) is 23.7 Å². The summed E-state index contributed by atoms with van der Waals surface area (Å²) >= 11 is 0. The highest BCUT2D eigenvalue weighted by Gasteiger charge is 2.51. The Bertz CT molecular complexity index is 816. The van der Waals surface area contributed by atoms with Crippen LogP contribution in [0.2, 0.25) is 0 Å². The van der Waals surface area contributed by atoms with Gasteiger partial charge in [-0.05, 0) is 42.5 Å². The summed E-state index contributed by atoms with van der Waals surface area (Å²) in [5.41, 5.74) is 0.441. The predicted octanol–water partition coefficient (Wildman–Crippen LogP) is 1.45. The molecule has 0 aliphatic heterocycles. The summed E-state index contributed by atoms with van der Waals surface area (Å²) in [6.45, 7) is 1.98. The summed E-state index contributed by atoms with van der Waals surface area (Å²) < 4.78 is 26.2. The molecule has 134 valence electrons. The Kier molecular flexibility index (Phi) is 4.66. The summed E-state index contributed by atoms with van der Waals surface area (Å²) in [6.07, 6.45) is 4.49. The van der Waals surface area contributed by atoms with E-state index >= 15 is 0 Å². The number of hydrogen-bond acceptors (Lipinski definition) is 4. The van der Waals surface area contributed by atoms with E-state index in [0.717, 1.165) is 0 Å². The number of hydrogen-bond donors (Lipinski definition) is 3. The smallest absolute Gasteiger partial charge is 0.307 e. The molecular formula is C17H20N2O5S. The molecule has 4 atom stereocenters. The SMILES string of the molecule is CCNS(=O)(=O)c1ccc(NC(=O)[C@H]2[C@@H](C(=O)O)[C@H]3C=C[C@H]2C3)cc1. The van der Waals surface area contributed by atoms with Gasteiger partial charge in [0.2, 0.25) is 15.9 Å². The lowest BCUT2D eigenvalue weighted by atomic mass is 9.82. The first-order valence-electron chi connectivity index (χ1n) is 8.15. The van der Waals surface area contributed by atoms with Gasteiger partial charge in [0.15, 0.2) is 0 Å². The molecule has 0 spiro atoms. The van der Waals surface area contributed by atoms with Crippen molar-refractivity contribution in [3.05, 3.63) is 36.4 Å². The van der Waals surface area contributed by atoms with Crippen LogP contribution in [0.1, 0.15) is 13.3 Å². The monoisotopic (exact) mass is 364 g/mol. The van der Waals surface area contributed by atoms with Crippen molar-refractivity contribution < 1.29 is 23.1 Å². The summed E-state index contributed by atoms with van der Waals surface area (Å²) in [5.74, 6) is -2.75. The van der Waals surface area contributed by atoms with E-state index in [4.69, 9.17) is 0 Å². The number of anilines is 1. The van der Waals surface area contributed by atoms with Gasteiger partial charge in [-0.15, -0.1) is 0 Å². The van der Waals surface area contributed by atoms with Crippen LogP contribution in [0.4, 0.5) is 5.69 Å². The minimum Gasteiger partial charge on any atom is -0.481 e. The van der Waals surface area contributed by atoms with Crippen LogP contribution in [0.3, 0.4) is 0 Å². The molecule has 1 fully saturated rings. The number of amides is 1. The lowest BCUT2D eigenvalue weighted by molar-refractivity contribution is -0.146. The zero-order chi connectivity index (χ0) is 18.2. The molecule has 0 aromatic heterocycles. The van der Waals surface area contributed by atoms with Crippen LogP contribution in [0.15, 0.2) is 41.3 Å². The predicted molar refractivity (Wildman–Crippen MR) is 91.3 cm³/mol.